The van der Waals surface area contributed by atoms with Crippen molar-refractivity contribution in [3.8, 4) is 5.69 Å². The molecule has 22 heavy (non-hydrogen) atoms. The van der Waals surface area contributed by atoms with Crippen LogP contribution in [-0.4, -0.2) is 31.8 Å². The lowest BCUT2D eigenvalue weighted by atomic mass is 10.2. The Morgan fingerprint density at radius 3 is 2.73 bits per heavy atom. The Hall–Kier alpha value is -3.29. The predicted octanol–water partition coefficient (Wildman–Crippen LogP) is 0.538. The van der Waals surface area contributed by atoms with Crippen molar-refractivity contribution < 1.29 is 4.79 Å². The normalized spacial score (nSPS) is 10.6. The highest BCUT2D eigenvalue weighted by Gasteiger charge is 2.17. The first kappa shape index (κ1) is 13.7. The van der Waals surface area contributed by atoms with Gasteiger partial charge >= 0.3 is 5.91 Å². The molecule has 0 radical (unpaired) electrons. The molecular formula is C14H13N7O. The van der Waals surface area contributed by atoms with Gasteiger partial charge < -0.3 is 11.5 Å². The van der Waals surface area contributed by atoms with Crippen molar-refractivity contribution in [2.24, 2.45) is 16.5 Å². The maximum atomic E-state index is 11.9. The van der Waals surface area contributed by atoms with Gasteiger partial charge in [0.05, 0.1) is 11.2 Å². The predicted molar refractivity (Wildman–Crippen MR) is 81.5 cm³/mol. The second-order valence-corrected chi connectivity index (χ2v) is 4.62. The first-order chi connectivity index (χ1) is 10.6. The smallest absolute Gasteiger partial charge is 0.302 e. The summed E-state index contributed by atoms with van der Waals surface area (Å²) in [7, 11) is 0. The van der Waals surface area contributed by atoms with Crippen molar-refractivity contribution in [2.45, 2.75) is 6.92 Å². The summed E-state index contributed by atoms with van der Waals surface area (Å²) in [5, 5.41) is 9.39. The number of guanidine groups is 1. The van der Waals surface area contributed by atoms with Crippen LogP contribution < -0.4 is 11.5 Å². The van der Waals surface area contributed by atoms with Gasteiger partial charge in [-0.05, 0) is 19.1 Å². The molecule has 3 aromatic rings. The number of benzene rings is 1. The molecule has 1 amide bonds. The van der Waals surface area contributed by atoms with Crippen LogP contribution in [0.3, 0.4) is 0 Å². The van der Waals surface area contributed by atoms with Crippen LogP contribution in [0.25, 0.3) is 16.6 Å². The Morgan fingerprint density at radius 2 is 1.95 bits per heavy atom. The molecule has 0 fully saturated rings. The molecule has 0 aliphatic rings. The number of para-hydroxylation sites is 1. The summed E-state index contributed by atoms with van der Waals surface area (Å²) < 4.78 is 0. The standard InChI is InChI=1S/C14H13N7O/c1-8-11(13(22)18-14(15)16)20-21(19-8)10-6-2-4-9-5-3-7-17-12(9)10/h2-7H,1H3,(H4,15,16,18,22). The Kier molecular flexibility index (Phi) is 3.26. The van der Waals surface area contributed by atoms with Gasteiger partial charge in [-0.2, -0.15) is 10.1 Å². The highest BCUT2D eigenvalue weighted by atomic mass is 16.1. The third-order valence-electron chi connectivity index (χ3n) is 3.04. The van der Waals surface area contributed by atoms with E-state index < -0.39 is 5.91 Å². The molecule has 2 aromatic heterocycles. The van der Waals surface area contributed by atoms with E-state index in [2.05, 4.69) is 20.2 Å². The number of aliphatic imine (C=N–C) groups is 1. The molecule has 0 bridgehead atoms. The van der Waals surface area contributed by atoms with Crippen LogP contribution >= 0.6 is 0 Å². The largest absolute Gasteiger partial charge is 0.370 e. The van der Waals surface area contributed by atoms with Crippen molar-refractivity contribution in [3.05, 3.63) is 47.9 Å². The Morgan fingerprint density at radius 1 is 1.18 bits per heavy atom. The molecule has 0 atom stereocenters. The van der Waals surface area contributed by atoms with Crippen molar-refractivity contribution in [2.75, 3.05) is 0 Å². The van der Waals surface area contributed by atoms with E-state index in [1.807, 2.05) is 30.3 Å². The average Bonchev–Trinajstić information content (AvgIpc) is 2.88. The summed E-state index contributed by atoms with van der Waals surface area (Å²) in [4.78, 5) is 21.1. The number of hydrogen-bond donors (Lipinski definition) is 2. The number of nitrogens with two attached hydrogens (primary N) is 2. The van der Waals surface area contributed by atoms with Gasteiger partial charge in [0.2, 0.25) is 0 Å². The van der Waals surface area contributed by atoms with Gasteiger partial charge in [0.25, 0.3) is 0 Å². The van der Waals surface area contributed by atoms with Gasteiger partial charge in [0.15, 0.2) is 11.7 Å². The molecular weight excluding hydrogens is 282 g/mol. The zero-order valence-corrected chi connectivity index (χ0v) is 11.8. The minimum absolute atomic E-state index is 0.0985. The molecule has 3 rings (SSSR count). The highest BCUT2D eigenvalue weighted by molar-refractivity contribution is 6.01. The number of rotatable bonds is 2. The molecule has 0 saturated carbocycles. The number of hydrogen-bond acceptors (Lipinski definition) is 4. The maximum Gasteiger partial charge on any atom is 0.302 e. The monoisotopic (exact) mass is 295 g/mol. The third kappa shape index (κ3) is 2.37. The van der Waals surface area contributed by atoms with E-state index in [-0.39, 0.29) is 11.7 Å². The lowest BCUT2D eigenvalue weighted by Gasteiger charge is -2.03. The van der Waals surface area contributed by atoms with Crippen LogP contribution in [0.1, 0.15) is 16.2 Å². The molecule has 2 heterocycles. The first-order valence-electron chi connectivity index (χ1n) is 6.48. The molecule has 0 aliphatic carbocycles. The van der Waals surface area contributed by atoms with Crippen molar-refractivity contribution >= 4 is 22.8 Å². The summed E-state index contributed by atoms with van der Waals surface area (Å²) in [5.41, 5.74) is 12.4. The van der Waals surface area contributed by atoms with Gasteiger partial charge in [-0.1, -0.05) is 18.2 Å². The minimum Gasteiger partial charge on any atom is -0.370 e. The third-order valence-corrected chi connectivity index (χ3v) is 3.04. The van der Waals surface area contributed by atoms with Crippen molar-refractivity contribution in [3.63, 3.8) is 0 Å². The van der Waals surface area contributed by atoms with E-state index in [1.165, 1.54) is 4.80 Å². The molecule has 8 nitrogen and oxygen atoms in total. The molecule has 0 spiro atoms. The van der Waals surface area contributed by atoms with E-state index in [4.69, 9.17) is 11.5 Å². The average molecular weight is 295 g/mol. The van der Waals surface area contributed by atoms with Crippen LogP contribution in [0.4, 0.5) is 0 Å². The highest BCUT2D eigenvalue weighted by Crippen LogP contribution is 2.19. The molecule has 0 unspecified atom stereocenters. The summed E-state index contributed by atoms with van der Waals surface area (Å²) in [6.45, 7) is 1.66. The van der Waals surface area contributed by atoms with Crippen molar-refractivity contribution in [1.82, 2.24) is 20.0 Å². The second kappa shape index (κ2) is 5.24. The van der Waals surface area contributed by atoms with E-state index in [0.717, 1.165) is 10.9 Å². The van der Waals surface area contributed by atoms with Crippen LogP contribution in [-0.2, 0) is 0 Å². The number of aromatic nitrogens is 4. The topological polar surface area (TPSA) is 125 Å². The Labute approximate surface area is 125 Å². The van der Waals surface area contributed by atoms with E-state index >= 15 is 0 Å². The fourth-order valence-corrected chi connectivity index (χ4v) is 2.10. The molecule has 4 N–H and O–H groups in total. The van der Waals surface area contributed by atoms with Gasteiger partial charge in [0.1, 0.15) is 5.69 Å². The van der Waals surface area contributed by atoms with Crippen LogP contribution in [0.5, 0.6) is 0 Å². The number of aryl methyl sites for hydroxylation is 1. The van der Waals surface area contributed by atoms with Crippen LogP contribution in [0, 0.1) is 6.92 Å². The van der Waals surface area contributed by atoms with Gasteiger partial charge in [-0.25, -0.2) is 0 Å². The van der Waals surface area contributed by atoms with Gasteiger partial charge in [-0.15, -0.1) is 9.90 Å². The zero-order valence-electron chi connectivity index (χ0n) is 11.8. The zero-order chi connectivity index (χ0) is 15.7. The number of nitrogens with zero attached hydrogens (tertiary/aromatic N) is 5. The number of carbonyl (C=O) groups is 1. The number of fused-ring (bicyclic) bond motifs is 1. The first-order valence-corrected chi connectivity index (χ1v) is 6.48. The van der Waals surface area contributed by atoms with E-state index in [9.17, 15) is 4.79 Å². The summed E-state index contributed by atoms with van der Waals surface area (Å²) >= 11 is 0. The van der Waals surface area contributed by atoms with Crippen LogP contribution in [0.2, 0.25) is 0 Å². The second-order valence-electron chi connectivity index (χ2n) is 4.62. The quantitative estimate of drug-likeness (QED) is 0.525. The summed E-state index contributed by atoms with van der Waals surface area (Å²) in [6, 6.07) is 9.42. The van der Waals surface area contributed by atoms with Gasteiger partial charge in [-0.3, -0.25) is 9.78 Å². The van der Waals surface area contributed by atoms with Crippen LogP contribution in [0.15, 0.2) is 41.5 Å². The minimum atomic E-state index is -0.628. The van der Waals surface area contributed by atoms with Gasteiger partial charge in [0, 0.05) is 11.6 Å². The fraction of sp³-hybridized carbons (Fsp3) is 0.0714. The molecule has 8 heteroatoms. The van der Waals surface area contributed by atoms with E-state index in [0.29, 0.717) is 11.4 Å². The Bertz CT molecular complexity index is 888. The van der Waals surface area contributed by atoms with E-state index in [1.54, 1.807) is 13.1 Å². The lowest BCUT2D eigenvalue weighted by Crippen LogP contribution is -2.24. The summed E-state index contributed by atoms with van der Waals surface area (Å²) in [6.07, 6.45) is 1.69. The number of amides is 1. The lowest BCUT2D eigenvalue weighted by molar-refractivity contribution is 0.0997. The number of pyridine rings is 1. The van der Waals surface area contributed by atoms with Crippen molar-refractivity contribution in [1.29, 1.82) is 0 Å². The SMILES string of the molecule is Cc1nn(-c2cccc3cccnc23)nc1C(=O)N=C(N)N. The molecule has 1 aromatic carbocycles. The molecule has 110 valence electrons. The molecule has 0 aliphatic heterocycles. The maximum absolute atomic E-state index is 11.9. The fourth-order valence-electron chi connectivity index (χ4n) is 2.10. The Balaban J connectivity index is 2.13. The molecule has 0 saturated heterocycles. The summed E-state index contributed by atoms with van der Waals surface area (Å²) in [5.74, 6) is -0.942. The number of carbonyl (C=O) groups excluding carboxylic acids is 1.